The monoisotopic (exact) mass is 254 g/mol. The SMILES string of the molecule is NC1(C(=O)Nc2cccc(Br)c2)CC1. The van der Waals surface area contributed by atoms with Gasteiger partial charge in [-0.1, -0.05) is 22.0 Å². The van der Waals surface area contributed by atoms with Gasteiger partial charge in [-0.25, -0.2) is 0 Å². The number of amides is 1. The summed E-state index contributed by atoms with van der Waals surface area (Å²) in [5.41, 5.74) is 5.92. The van der Waals surface area contributed by atoms with Crippen molar-refractivity contribution in [1.82, 2.24) is 0 Å². The summed E-state index contributed by atoms with van der Waals surface area (Å²) < 4.78 is 0.942. The van der Waals surface area contributed by atoms with Crippen molar-refractivity contribution in [2.24, 2.45) is 5.73 Å². The summed E-state index contributed by atoms with van der Waals surface area (Å²) >= 11 is 3.34. The number of rotatable bonds is 2. The van der Waals surface area contributed by atoms with Gasteiger partial charge in [0.1, 0.15) is 0 Å². The number of hydrogen-bond acceptors (Lipinski definition) is 2. The smallest absolute Gasteiger partial charge is 0.244 e. The number of carbonyl (C=O) groups excluding carboxylic acids is 1. The molecular formula is C10H11BrN2O. The summed E-state index contributed by atoms with van der Waals surface area (Å²) in [7, 11) is 0. The number of nitrogens with two attached hydrogens (primary N) is 1. The first-order valence-electron chi connectivity index (χ1n) is 4.46. The molecule has 0 saturated heterocycles. The predicted octanol–water partition coefficient (Wildman–Crippen LogP) is 1.88. The Morgan fingerprint density at radius 3 is 2.79 bits per heavy atom. The molecule has 0 aromatic heterocycles. The van der Waals surface area contributed by atoms with Crippen LogP contribution in [0.1, 0.15) is 12.8 Å². The van der Waals surface area contributed by atoms with Crippen molar-refractivity contribution in [3.63, 3.8) is 0 Å². The van der Waals surface area contributed by atoms with Crippen LogP contribution in [0.4, 0.5) is 5.69 Å². The Morgan fingerprint density at radius 2 is 2.21 bits per heavy atom. The third-order valence-corrected chi connectivity index (χ3v) is 2.82. The maximum Gasteiger partial charge on any atom is 0.244 e. The van der Waals surface area contributed by atoms with Gasteiger partial charge in [0.2, 0.25) is 5.91 Å². The van der Waals surface area contributed by atoms with Crippen molar-refractivity contribution in [2.75, 3.05) is 5.32 Å². The molecule has 0 radical (unpaired) electrons. The normalized spacial score (nSPS) is 17.6. The van der Waals surface area contributed by atoms with Gasteiger partial charge >= 0.3 is 0 Å². The first-order chi connectivity index (χ1) is 6.60. The number of carbonyl (C=O) groups is 1. The van der Waals surface area contributed by atoms with Gasteiger partial charge in [0.15, 0.2) is 0 Å². The number of nitrogens with one attached hydrogen (secondary N) is 1. The fraction of sp³-hybridized carbons (Fsp3) is 0.300. The molecule has 0 aliphatic heterocycles. The fourth-order valence-electron chi connectivity index (χ4n) is 1.18. The fourth-order valence-corrected chi connectivity index (χ4v) is 1.58. The van der Waals surface area contributed by atoms with Crippen molar-refractivity contribution < 1.29 is 4.79 Å². The molecule has 0 atom stereocenters. The maximum absolute atomic E-state index is 11.6. The second kappa shape index (κ2) is 3.37. The first kappa shape index (κ1) is 9.68. The summed E-state index contributed by atoms with van der Waals surface area (Å²) in [6.07, 6.45) is 1.57. The highest BCUT2D eigenvalue weighted by molar-refractivity contribution is 9.10. The Morgan fingerprint density at radius 1 is 1.50 bits per heavy atom. The van der Waals surface area contributed by atoms with E-state index in [0.717, 1.165) is 23.0 Å². The highest BCUT2D eigenvalue weighted by Gasteiger charge is 2.45. The second-order valence-corrected chi connectivity index (χ2v) is 4.54. The molecule has 14 heavy (non-hydrogen) atoms. The lowest BCUT2D eigenvalue weighted by Crippen LogP contribution is -2.37. The largest absolute Gasteiger partial charge is 0.324 e. The van der Waals surface area contributed by atoms with Gasteiger partial charge in [-0.2, -0.15) is 0 Å². The number of anilines is 1. The number of halogens is 1. The van der Waals surface area contributed by atoms with E-state index >= 15 is 0 Å². The average Bonchev–Trinajstić information content (AvgIpc) is 2.85. The topological polar surface area (TPSA) is 55.1 Å². The van der Waals surface area contributed by atoms with E-state index in [-0.39, 0.29) is 5.91 Å². The lowest BCUT2D eigenvalue weighted by molar-refractivity contribution is -0.118. The molecule has 1 aromatic rings. The van der Waals surface area contributed by atoms with Crippen molar-refractivity contribution in [3.05, 3.63) is 28.7 Å². The van der Waals surface area contributed by atoms with Gasteiger partial charge in [0.05, 0.1) is 5.54 Å². The molecule has 2 rings (SSSR count). The lowest BCUT2D eigenvalue weighted by atomic mass is 10.2. The van der Waals surface area contributed by atoms with E-state index in [1.54, 1.807) is 0 Å². The first-order valence-corrected chi connectivity index (χ1v) is 5.25. The van der Waals surface area contributed by atoms with E-state index < -0.39 is 5.54 Å². The molecule has 1 aliphatic rings. The van der Waals surface area contributed by atoms with Crippen molar-refractivity contribution in [2.45, 2.75) is 18.4 Å². The molecule has 74 valence electrons. The van der Waals surface area contributed by atoms with E-state index in [9.17, 15) is 4.79 Å². The molecule has 0 unspecified atom stereocenters. The van der Waals surface area contributed by atoms with Crippen LogP contribution >= 0.6 is 15.9 Å². The molecule has 0 spiro atoms. The van der Waals surface area contributed by atoms with Crippen LogP contribution in [0.25, 0.3) is 0 Å². The van der Waals surface area contributed by atoms with Gasteiger partial charge in [-0.3, -0.25) is 4.79 Å². The third kappa shape index (κ3) is 1.96. The Labute approximate surface area is 90.8 Å². The van der Waals surface area contributed by atoms with Crippen LogP contribution in [0.3, 0.4) is 0 Å². The Kier molecular flexibility index (Phi) is 2.33. The minimum atomic E-state index is -0.609. The van der Waals surface area contributed by atoms with Crippen molar-refractivity contribution in [3.8, 4) is 0 Å². The highest BCUT2D eigenvalue weighted by atomic mass is 79.9. The van der Waals surface area contributed by atoms with E-state index in [1.165, 1.54) is 0 Å². The Hall–Kier alpha value is -0.870. The van der Waals surface area contributed by atoms with Crippen LogP contribution in [0.2, 0.25) is 0 Å². The molecule has 1 fully saturated rings. The van der Waals surface area contributed by atoms with Gasteiger partial charge in [-0.05, 0) is 31.0 Å². The van der Waals surface area contributed by atoms with Crippen LogP contribution in [0, 0.1) is 0 Å². The predicted molar refractivity (Wildman–Crippen MR) is 58.9 cm³/mol. The molecule has 0 bridgehead atoms. The quantitative estimate of drug-likeness (QED) is 0.847. The van der Waals surface area contributed by atoms with Crippen LogP contribution in [0.5, 0.6) is 0 Å². The van der Waals surface area contributed by atoms with Crippen molar-refractivity contribution >= 4 is 27.5 Å². The highest BCUT2D eigenvalue weighted by Crippen LogP contribution is 2.33. The minimum absolute atomic E-state index is 0.0874. The molecule has 1 aliphatic carbocycles. The zero-order chi connectivity index (χ0) is 10.2. The summed E-state index contributed by atoms with van der Waals surface area (Å²) in [5, 5.41) is 2.79. The van der Waals surface area contributed by atoms with Gasteiger partial charge in [0.25, 0.3) is 0 Å². The van der Waals surface area contributed by atoms with Crippen molar-refractivity contribution in [1.29, 1.82) is 0 Å². The summed E-state index contributed by atoms with van der Waals surface area (Å²) in [6, 6.07) is 7.47. The van der Waals surface area contributed by atoms with Crippen LogP contribution in [0.15, 0.2) is 28.7 Å². The lowest BCUT2D eigenvalue weighted by Gasteiger charge is -2.09. The summed E-state index contributed by atoms with van der Waals surface area (Å²) in [5.74, 6) is -0.0874. The second-order valence-electron chi connectivity index (χ2n) is 3.62. The number of benzene rings is 1. The minimum Gasteiger partial charge on any atom is -0.324 e. The van der Waals surface area contributed by atoms with E-state index in [2.05, 4.69) is 21.2 Å². The molecule has 1 amide bonds. The maximum atomic E-state index is 11.6. The molecule has 1 aromatic carbocycles. The standard InChI is InChI=1S/C10H11BrN2O/c11-7-2-1-3-8(6-7)13-9(14)10(12)4-5-10/h1-3,6H,4-5,12H2,(H,13,14). The zero-order valence-corrected chi connectivity index (χ0v) is 9.17. The van der Waals surface area contributed by atoms with E-state index in [0.29, 0.717) is 0 Å². The van der Waals surface area contributed by atoms with Gasteiger partial charge in [0, 0.05) is 10.2 Å². The molecule has 3 N–H and O–H groups in total. The van der Waals surface area contributed by atoms with E-state index in [1.807, 2.05) is 24.3 Å². The Balaban J connectivity index is 2.07. The molecule has 0 heterocycles. The van der Waals surface area contributed by atoms with Gasteiger partial charge < -0.3 is 11.1 Å². The summed E-state index contributed by atoms with van der Waals surface area (Å²) in [6.45, 7) is 0. The molecule has 1 saturated carbocycles. The van der Waals surface area contributed by atoms with Crippen LogP contribution in [-0.2, 0) is 4.79 Å². The molecule has 3 nitrogen and oxygen atoms in total. The third-order valence-electron chi connectivity index (χ3n) is 2.32. The summed E-state index contributed by atoms with van der Waals surface area (Å²) in [4.78, 5) is 11.6. The average molecular weight is 255 g/mol. The molecular weight excluding hydrogens is 244 g/mol. The molecule has 4 heteroatoms. The number of hydrogen-bond donors (Lipinski definition) is 2. The zero-order valence-electron chi connectivity index (χ0n) is 7.59. The Bertz CT molecular complexity index is 374. The van der Waals surface area contributed by atoms with Crippen LogP contribution < -0.4 is 11.1 Å². The van der Waals surface area contributed by atoms with Crippen LogP contribution in [-0.4, -0.2) is 11.4 Å². The van der Waals surface area contributed by atoms with Gasteiger partial charge in [-0.15, -0.1) is 0 Å². The van der Waals surface area contributed by atoms with E-state index in [4.69, 9.17) is 5.73 Å².